The lowest BCUT2D eigenvalue weighted by atomic mass is 9.50. The minimum absolute atomic E-state index is 0.0747. The van der Waals surface area contributed by atoms with E-state index in [9.17, 15) is 24.9 Å². The second-order valence-electron chi connectivity index (χ2n) is 8.93. The number of carboxylic acids is 1. The monoisotopic (exact) mass is 447 g/mol. The molecule has 32 heavy (non-hydrogen) atoms. The molecule has 4 N–H and O–H groups in total. The molecule has 1 aromatic rings. The minimum atomic E-state index is -2.32. The molecule has 2 aliphatic carbocycles. The zero-order valence-electron chi connectivity index (χ0n) is 17.6. The Labute approximate surface area is 183 Å². The quantitative estimate of drug-likeness (QED) is 0.428. The van der Waals surface area contributed by atoms with E-state index in [0.29, 0.717) is 30.9 Å². The van der Waals surface area contributed by atoms with Crippen LogP contribution in [0.4, 0.5) is 0 Å². The predicted octanol–water partition coefficient (Wildman–Crippen LogP) is -0.677. The van der Waals surface area contributed by atoms with E-state index in [1.807, 2.05) is 19.2 Å². The molecule has 0 aromatic heterocycles. The Morgan fingerprint density at radius 1 is 1.28 bits per heavy atom. The van der Waals surface area contributed by atoms with E-state index in [4.69, 9.17) is 19.3 Å². The molecular weight excluding hydrogens is 422 g/mol. The van der Waals surface area contributed by atoms with Crippen molar-refractivity contribution in [3.8, 4) is 11.5 Å². The molecule has 6 atom stereocenters. The van der Waals surface area contributed by atoms with Crippen LogP contribution in [0.15, 0.2) is 24.0 Å². The summed E-state index contributed by atoms with van der Waals surface area (Å²) in [6, 6.07) is 3.60. The molecule has 10 heteroatoms. The summed E-state index contributed by atoms with van der Waals surface area (Å²) in [5, 5.41) is 40.4. The fraction of sp³-hybridized carbons (Fsp3) is 0.545. The summed E-state index contributed by atoms with van der Waals surface area (Å²) in [5.74, 6) is -1.99. The van der Waals surface area contributed by atoms with Crippen molar-refractivity contribution in [1.29, 1.82) is 0 Å². The van der Waals surface area contributed by atoms with Crippen LogP contribution in [0.5, 0.6) is 11.5 Å². The first-order valence-electron chi connectivity index (χ1n) is 10.5. The number of methoxy groups -OCH3 is 1. The van der Waals surface area contributed by atoms with Crippen LogP contribution >= 0.6 is 0 Å². The van der Waals surface area contributed by atoms with E-state index in [1.54, 1.807) is 6.08 Å². The molecule has 1 aromatic carbocycles. The normalized spacial score (nSPS) is 34.0. The van der Waals surface area contributed by atoms with Gasteiger partial charge in [-0.3, -0.25) is 0 Å². The molecule has 10 nitrogen and oxygen atoms in total. The smallest absolute Gasteiger partial charge is 0.343 e. The number of likely N-dealkylation sites (tertiary alicyclic amines) is 1. The number of hydrogen-bond acceptors (Lipinski definition) is 9. The van der Waals surface area contributed by atoms with Crippen molar-refractivity contribution in [2.75, 3.05) is 20.7 Å². The van der Waals surface area contributed by atoms with Gasteiger partial charge in [-0.2, -0.15) is 0 Å². The van der Waals surface area contributed by atoms with Gasteiger partial charge in [0, 0.05) is 18.0 Å². The number of esters is 1. The Kier molecular flexibility index (Phi) is 4.58. The fourth-order valence-corrected chi connectivity index (χ4v) is 6.03. The first kappa shape index (κ1) is 21.2. The van der Waals surface area contributed by atoms with Crippen LogP contribution in [0.25, 0.3) is 0 Å². The van der Waals surface area contributed by atoms with Crippen molar-refractivity contribution in [2.24, 2.45) is 0 Å². The predicted molar refractivity (Wildman–Crippen MR) is 107 cm³/mol. The van der Waals surface area contributed by atoms with Crippen LogP contribution in [-0.2, 0) is 26.2 Å². The van der Waals surface area contributed by atoms with Crippen LogP contribution in [0.3, 0.4) is 0 Å². The summed E-state index contributed by atoms with van der Waals surface area (Å²) < 4.78 is 17.2. The number of hydrogen-bond donors (Lipinski definition) is 4. The van der Waals surface area contributed by atoms with Gasteiger partial charge in [0.15, 0.2) is 29.8 Å². The number of carbonyl (C=O) groups excluding carboxylic acids is 1. The molecule has 1 spiro atoms. The second-order valence-corrected chi connectivity index (χ2v) is 8.93. The summed E-state index contributed by atoms with van der Waals surface area (Å²) in [4.78, 5) is 25.5. The Morgan fingerprint density at radius 2 is 2.03 bits per heavy atom. The van der Waals surface area contributed by atoms with Gasteiger partial charge in [0.05, 0.1) is 18.1 Å². The molecular formula is C22H25NO9. The number of likely N-dealkylation sites (N-methyl/N-ethyl adjacent to an activating group) is 1. The Hall–Kier alpha value is -2.66. The summed E-state index contributed by atoms with van der Waals surface area (Å²) >= 11 is 0. The Balaban J connectivity index is 1.60. The molecule has 2 heterocycles. The number of aliphatic hydroxyl groups excluding tert-OH is 2. The van der Waals surface area contributed by atoms with Crippen LogP contribution < -0.4 is 9.47 Å². The van der Waals surface area contributed by atoms with Crippen molar-refractivity contribution >= 4 is 11.9 Å². The molecule has 0 saturated carbocycles. The summed E-state index contributed by atoms with van der Waals surface area (Å²) in [6.07, 6.45) is -2.57. The van der Waals surface area contributed by atoms with E-state index < -0.39 is 41.3 Å². The Bertz CT molecular complexity index is 1040. The van der Waals surface area contributed by atoms with Gasteiger partial charge < -0.3 is 39.5 Å². The lowest BCUT2D eigenvalue weighted by molar-refractivity contribution is -0.177. The van der Waals surface area contributed by atoms with Gasteiger partial charge in [0.1, 0.15) is 5.76 Å². The number of carboxylic acid groups (broad SMARTS) is 1. The van der Waals surface area contributed by atoms with Gasteiger partial charge in [0.25, 0.3) is 0 Å². The maximum atomic E-state index is 12.4. The maximum absolute atomic E-state index is 12.4. The lowest BCUT2D eigenvalue weighted by Gasteiger charge is -2.61. The largest absolute Gasteiger partial charge is 0.493 e. The van der Waals surface area contributed by atoms with E-state index in [-0.39, 0.29) is 18.2 Å². The number of benzene rings is 1. The first-order valence-corrected chi connectivity index (χ1v) is 10.5. The lowest BCUT2D eigenvalue weighted by Crippen LogP contribution is -2.74. The number of ether oxygens (including phenoxy) is 3. The van der Waals surface area contributed by atoms with Crippen LogP contribution in [0, 0.1) is 0 Å². The third-order valence-electron chi connectivity index (χ3n) is 7.57. The van der Waals surface area contributed by atoms with Crippen molar-refractivity contribution in [1.82, 2.24) is 4.90 Å². The van der Waals surface area contributed by atoms with E-state index >= 15 is 0 Å². The van der Waals surface area contributed by atoms with Crippen molar-refractivity contribution in [3.63, 3.8) is 0 Å². The molecule has 172 valence electrons. The van der Waals surface area contributed by atoms with Crippen LogP contribution in [-0.4, -0.2) is 87.9 Å². The number of carbonyl (C=O) groups is 2. The van der Waals surface area contributed by atoms with Gasteiger partial charge in [-0.05, 0) is 44.1 Å². The molecule has 0 amide bonds. The SMILES string of the molecule is COc1ccc2c3c1O[C@H]1C(OC(=O)[C@H](O)[C@@H](O)C(=O)O)=CC[C@@]4(O)[C@H](C2)N(C)CC[C@]314. The zero-order valence-corrected chi connectivity index (χ0v) is 17.6. The molecule has 0 radical (unpaired) electrons. The topological polar surface area (TPSA) is 146 Å². The van der Waals surface area contributed by atoms with Crippen LogP contribution in [0.2, 0.25) is 0 Å². The molecule has 4 aliphatic rings. The number of aliphatic hydroxyl groups is 3. The van der Waals surface area contributed by atoms with Gasteiger partial charge in [0.2, 0.25) is 0 Å². The first-order chi connectivity index (χ1) is 15.2. The maximum Gasteiger partial charge on any atom is 0.343 e. The van der Waals surface area contributed by atoms with Crippen LogP contribution in [0.1, 0.15) is 24.0 Å². The fourth-order valence-electron chi connectivity index (χ4n) is 6.03. The summed E-state index contributed by atoms with van der Waals surface area (Å²) in [7, 11) is 3.49. The molecule has 5 rings (SSSR count). The highest BCUT2D eigenvalue weighted by molar-refractivity contribution is 5.85. The van der Waals surface area contributed by atoms with Gasteiger partial charge in [-0.1, -0.05) is 6.07 Å². The summed E-state index contributed by atoms with van der Waals surface area (Å²) in [6.45, 7) is 0.685. The molecule has 1 saturated heterocycles. The third-order valence-corrected chi connectivity index (χ3v) is 7.57. The molecule has 2 aliphatic heterocycles. The number of rotatable bonds is 5. The molecule has 2 bridgehead atoms. The highest BCUT2D eigenvalue weighted by atomic mass is 16.6. The average molecular weight is 447 g/mol. The number of aliphatic carboxylic acids is 1. The minimum Gasteiger partial charge on any atom is -0.493 e. The highest BCUT2D eigenvalue weighted by Gasteiger charge is 2.72. The van der Waals surface area contributed by atoms with E-state index in [1.165, 1.54) is 7.11 Å². The van der Waals surface area contributed by atoms with Gasteiger partial charge >= 0.3 is 11.9 Å². The van der Waals surface area contributed by atoms with Crippen molar-refractivity contribution < 1.29 is 44.2 Å². The molecule has 1 fully saturated rings. The summed E-state index contributed by atoms with van der Waals surface area (Å²) in [5.41, 5.74) is -0.216. The van der Waals surface area contributed by atoms with E-state index in [2.05, 4.69) is 4.90 Å². The molecule has 0 unspecified atom stereocenters. The van der Waals surface area contributed by atoms with Gasteiger partial charge in [-0.15, -0.1) is 0 Å². The van der Waals surface area contributed by atoms with Gasteiger partial charge in [-0.25, -0.2) is 9.59 Å². The Morgan fingerprint density at radius 3 is 2.72 bits per heavy atom. The van der Waals surface area contributed by atoms with Crippen molar-refractivity contribution in [3.05, 3.63) is 35.1 Å². The number of piperidine rings is 1. The zero-order chi connectivity index (χ0) is 23.0. The number of nitrogens with zero attached hydrogens (tertiary/aromatic N) is 1. The standard InChI is InChI=1S/C22H25NO9/c1-23-8-7-21-14-10-3-4-11(30-2)17(14)32-18(21)12(5-6-22(21,29)13(23)9-10)31-20(28)16(25)15(24)19(26)27/h3-5,13,15-16,18,24-25,29H,6-9H2,1-2H3,(H,26,27)/t13-,15+,16+,18-,21-,22+/m0/s1. The highest BCUT2D eigenvalue weighted by Crippen LogP contribution is 2.65. The third kappa shape index (κ3) is 2.49. The second kappa shape index (κ2) is 6.92. The van der Waals surface area contributed by atoms with Crippen molar-refractivity contribution in [2.45, 2.75) is 54.6 Å². The average Bonchev–Trinajstić information content (AvgIpc) is 3.12. The van der Waals surface area contributed by atoms with E-state index in [0.717, 1.165) is 11.1 Å².